The van der Waals surface area contributed by atoms with E-state index >= 15 is 0 Å². The average Bonchev–Trinajstić information content (AvgIpc) is 2.72. The minimum atomic E-state index is 0. The standard InChI is InChI=1S/C13H18Cl2N2.ClH/c1-16-8-11-3-2-6-17(11)9-10-4-5-12(14)13(15)7-10;/h4-5,7,11,16H,2-3,6,8-9H2,1H3;1H. The number of nitrogens with zero attached hydrogens (tertiary/aromatic N) is 1. The lowest BCUT2D eigenvalue weighted by Gasteiger charge is -2.24. The third-order valence-corrected chi connectivity index (χ3v) is 4.05. The fraction of sp³-hybridized carbons (Fsp3) is 0.538. The van der Waals surface area contributed by atoms with Crippen molar-refractivity contribution in [2.75, 3.05) is 20.1 Å². The van der Waals surface area contributed by atoms with Gasteiger partial charge >= 0.3 is 0 Å². The molecular formula is C13H19Cl3N2. The average molecular weight is 310 g/mol. The third kappa shape index (κ3) is 4.01. The molecule has 0 bridgehead atoms. The fourth-order valence-electron chi connectivity index (χ4n) is 2.44. The Morgan fingerprint density at radius 1 is 1.33 bits per heavy atom. The van der Waals surface area contributed by atoms with Crippen molar-refractivity contribution < 1.29 is 0 Å². The summed E-state index contributed by atoms with van der Waals surface area (Å²) >= 11 is 12.0. The van der Waals surface area contributed by atoms with Crippen LogP contribution in [0.5, 0.6) is 0 Å². The van der Waals surface area contributed by atoms with E-state index in [-0.39, 0.29) is 12.4 Å². The summed E-state index contributed by atoms with van der Waals surface area (Å²) in [5, 5.41) is 4.53. The van der Waals surface area contributed by atoms with Gasteiger partial charge in [-0.3, -0.25) is 4.90 Å². The molecular weight excluding hydrogens is 291 g/mol. The second-order valence-electron chi connectivity index (χ2n) is 4.57. The molecule has 1 N–H and O–H groups in total. The van der Waals surface area contributed by atoms with Crippen molar-refractivity contribution in [3.05, 3.63) is 33.8 Å². The van der Waals surface area contributed by atoms with E-state index in [9.17, 15) is 0 Å². The van der Waals surface area contributed by atoms with E-state index in [1.54, 1.807) is 0 Å². The van der Waals surface area contributed by atoms with E-state index in [4.69, 9.17) is 23.2 Å². The maximum atomic E-state index is 6.03. The van der Waals surface area contributed by atoms with Crippen LogP contribution in [0.4, 0.5) is 0 Å². The molecule has 1 aliphatic heterocycles. The van der Waals surface area contributed by atoms with E-state index in [1.807, 2.05) is 19.2 Å². The Bertz CT molecular complexity index is 384. The molecule has 2 nitrogen and oxygen atoms in total. The van der Waals surface area contributed by atoms with Gasteiger partial charge in [0, 0.05) is 19.1 Å². The molecule has 0 aliphatic carbocycles. The van der Waals surface area contributed by atoms with Crippen LogP contribution in [-0.4, -0.2) is 31.1 Å². The number of nitrogens with one attached hydrogen (secondary N) is 1. The number of hydrogen-bond donors (Lipinski definition) is 1. The van der Waals surface area contributed by atoms with Crippen LogP contribution < -0.4 is 5.32 Å². The molecule has 2 rings (SSSR count). The normalized spacial score (nSPS) is 19.8. The highest BCUT2D eigenvalue weighted by Crippen LogP contribution is 2.25. The van der Waals surface area contributed by atoms with Crippen LogP contribution in [-0.2, 0) is 6.54 Å². The van der Waals surface area contributed by atoms with Crippen LogP contribution in [0.2, 0.25) is 10.0 Å². The first-order valence-corrected chi connectivity index (χ1v) is 6.79. The lowest BCUT2D eigenvalue weighted by Crippen LogP contribution is -2.36. The third-order valence-electron chi connectivity index (χ3n) is 3.31. The number of benzene rings is 1. The zero-order chi connectivity index (χ0) is 12.3. The van der Waals surface area contributed by atoms with Gasteiger partial charge in [-0.05, 0) is 44.1 Å². The zero-order valence-electron chi connectivity index (χ0n) is 10.5. The molecule has 1 aromatic carbocycles. The van der Waals surface area contributed by atoms with Gasteiger partial charge in [-0.25, -0.2) is 0 Å². The molecule has 1 fully saturated rings. The summed E-state index contributed by atoms with van der Waals surface area (Å²) in [5.74, 6) is 0. The molecule has 0 radical (unpaired) electrons. The molecule has 0 saturated carbocycles. The molecule has 18 heavy (non-hydrogen) atoms. The van der Waals surface area contributed by atoms with Gasteiger partial charge in [0.2, 0.25) is 0 Å². The Morgan fingerprint density at radius 2 is 2.11 bits per heavy atom. The van der Waals surface area contributed by atoms with E-state index < -0.39 is 0 Å². The second kappa shape index (κ2) is 7.56. The summed E-state index contributed by atoms with van der Waals surface area (Å²) in [4.78, 5) is 2.51. The van der Waals surface area contributed by atoms with E-state index in [0.29, 0.717) is 16.1 Å². The van der Waals surface area contributed by atoms with Gasteiger partial charge in [0.15, 0.2) is 0 Å². The largest absolute Gasteiger partial charge is 0.318 e. The monoisotopic (exact) mass is 308 g/mol. The van der Waals surface area contributed by atoms with Crippen molar-refractivity contribution in [2.24, 2.45) is 0 Å². The fourth-order valence-corrected chi connectivity index (χ4v) is 2.76. The first-order valence-electron chi connectivity index (χ1n) is 6.03. The molecule has 5 heteroatoms. The smallest absolute Gasteiger partial charge is 0.0595 e. The molecule has 1 atom stereocenters. The minimum absolute atomic E-state index is 0. The van der Waals surface area contributed by atoms with Crippen LogP contribution in [0.25, 0.3) is 0 Å². The van der Waals surface area contributed by atoms with E-state index in [2.05, 4.69) is 16.3 Å². The van der Waals surface area contributed by atoms with Gasteiger partial charge in [-0.15, -0.1) is 12.4 Å². The maximum absolute atomic E-state index is 6.03. The molecule has 1 aromatic rings. The van der Waals surface area contributed by atoms with Crippen LogP contribution >= 0.6 is 35.6 Å². The van der Waals surface area contributed by atoms with Gasteiger partial charge in [0.1, 0.15) is 0 Å². The number of rotatable bonds is 4. The molecule has 0 spiro atoms. The Morgan fingerprint density at radius 3 is 2.78 bits per heavy atom. The van der Waals surface area contributed by atoms with Gasteiger partial charge in [-0.2, -0.15) is 0 Å². The summed E-state index contributed by atoms with van der Waals surface area (Å²) in [5.41, 5.74) is 1.24. The highest BCUT2D eigenvalue weighted by Gasteiger charge is 2.23. The Labute approximate surface area is 125 Å². The van der Waals surface area contributed by atoms with Gasteiger partial charge < -0.3 is 5.32 Å². The first-order chi connectivity index (χ1) is 8.20. The minimum Gasteiger partial charge on any atom is -0.318 e. The molecule has 102 valence electrons. The van der Waals surface area contributed by atoms with Crippen molar-refractivity contribution in [1.82, 2.24) is 10.2 Å². The van der Waals surface area contributed by atoms with E-state index in [1.165, 1.54) is 24.9 Å². The van der Waals surface area contributed by atoms with E-state index in [0.717, 1.165) is 13.1 Å². The number of likely N-dealkylation sites (tertiary alicyclic amines) is 1. The maximum Gasteiger partial charge on any atom is 0.0595 e. The predicted octanol–water partition coefficient (Wildman–Crippen LogP) is 3.60. The van der Waals surface area contributed by atoms with Crippen LogP contribution in [0, 0.1) is 0 Å². The van der Waals surface area contributed by atoms with Crippen molar-refractivity contribution in [3.63, 3.8) is 0 Å². The summed E-state index contributed by atoms with van der Waals surface area (Å²) in [6, 6.07) is 6.55. The topological polar surface area (TPSA) is 15.3 Å². The first kappa shape index (κ1) is 16.1. The van der Waals surface area contributed by atoms with Crippen molar-refractivity contribution in [1.29, 1.82) is 0 Å². The van der Waals surface area contributed by atoms with Crippen molar-refractivity contribution in [3.8, 4) is 0 Å². The molecule has 1 saturated heterocycles. The number of likely N-dealkylation sites (N-methyl/N-ethyl adjacent to an activating group) is 1. The highest BCUT2D eigenvalue weighted by atomic mass is 35.5. The van der Waals surface area contributed by atoms with Crippen LogP contribution in [0.3, 0.4) is 0 Å². The molecule has 1 heterocycles. The zero-order valence-corrected chi connectivity index (χ0v) is 12.8. The van der Waals surface area contributed by atoms with Gasteiger partial charge in [0.25, 0.3) is 0 Å². The Kier molecular flexibility index (Phi) is 6.75. The Balaban J connectivity index is 0.00000162. The molecule has 1 aliphatic rings. The summed E-state index contributed by atoms with van der Waals surface area (Å²) in [6.45, 7) is 3.19. The summed E-state index contributed by atoms with van der Waals surface area (Å²) in [6.07, 6.45) is 2.57. The Hall–Kier alpha value is 0.01000. The molecule has 1 unspecified atom stereocenters. The van der Waals surface area contributed by atoms with Crippen LogP contribution in [0.15, 0.2) is 18.2 Å². The predicted molar refractivity (Wildman–Crippen MR) is 81.1 cm³/mol. The van der Waals surface area contributed by atoms with Gasteiger partial charge in [0.05, 0.1) is 10.0 Å². The van der Waals surface area contributed by atoms with Crippen molar-refractivity contribution >= 4 is 35.6 Å². The SMILES string of the molecule is CNCC1CCCN1Cc1ccc(Cl)c(Cl)c1.Cl. The lowest BCUT2D eigenvalue weighted by molar-refractivity contribution is 0.242. The number of hydrogen-bond acceptors (Lipinski definition) is 2. The lowest BCUT2D eigenvalue weighted by atomic mass is 10.2. The van der Waals surface area contributed by atoms with Crippen LogP contribution in [0.1, 0.15) is 18.4 Å². The number of halogens is 3. The quantitative estimate of drug-likeness (QED) is 0.914. The van der Waals surface area contributed by atoms with Crippen molar-refractivity contribution in [2.45, 2.75) is 25.4 Å². The second-order valence-corrected chi connectivity index (χ2v) is 5.39. The summed E-state index contributed by atoms with van der Waals surface area (Å²) in [7, 11) is 2.01. The highest BCUT2D eigenvalue weighted by molar-refractivity contribution is 6.42. The van der Waals surface area contributed by atoms with Gasteiger partial charge in [-0.1, -0.05) is 29.3 Å². The molecule has 0 amide bonds. The summed E-state index contributed by atoms with van der Waals surface area (Å²) < 4.78 is 0. The molecule has 0 aromatic heterocycles.